The number of aromatic nitrogens is 1. The molecule has 5 heteroatoms. The van der Waals surface area contributed by atoms with Crippen molar-refractivity contribution in [2.75, 3.05) is 0 Å². The van der Waals surface area contributed by atoms with Crippen molar-refractivity contribution in [1.82, 2.24) is 9.88 Å². The third-order valence-corrected chi connectivity index (χ3v) is 9.86. The summed E-state index contributed by atoms with van der Waals surface area (Å²) in [6.07, 6.45) is 8.71. The number of amidine groups is 2. The summed E-state index contributed by atoms with van der Waals surface area (Å²) in [6.45, 7) is 0. The summed E-state index contributed by atoms with van der Waals surface area (Å²) in [5, 5.41) is 8.26. The molecule has 1 N–H and O–H groups in total. The van der Waals surface area contributed by atoms with Gasteiger partial charge in [0.2, 0.25) is 0 Å². The maximum atomic E-state index is 6.64. The number of aliphatic imine (C=N–C) groups is 2. The van der Waals surface area contributed by atoms with Gasteiger partial charge in [0.15, 0.2) is 5.84 Å². The van der Waals surface area contributed by atoms with Gasteiger partial charge in [0, 0.05) is 27.3 Å². The van der Waals surface area contributed by atoms with E-state index in [4.69, 9.17) is 14.4 Å². The number of fused-ring (bicyclic) bond motifs is 6. The molecule has 238 valence electrons. The lowest BCUT2D eigenvalue weighted by molar-refractivity contribution is 0.666. The quantitative estimate of drug-likeness (QED) is 0.203. The number of allylic oxidation sites excluding steroid dienone is 4. The zero-order chi connectivity index (χ0) is 33.0. The van der Waals surface area contributed by atoms with E-state index in [0.717, 1.165) is 74.0 Å². The number of hydrogen-bond acceptors (Lipinski definition) is 4. The van der Waals surface area contributed by atoms with E-state index in [9.17, 15) is 0 Å². The Labute approximate surface area is 289 Å². The summed E-state index contributed by atoms with van der Waals surface area (Å²) in [7, 11) is 0. The molecule has 1 aliphatic heterocycles. The van der Waals surface area contributed by atoms with Crippen LogP contribution in [0.2, 0.25) is 0 Å². The number of benzene rings is 6. The molecular weight excluding hydrogens is 613 g/mol. The second-order valence-corrected chi connectivity index (χ2v) is 12.9. The van der Waals surface area contributed by atoms with Gasteiger partial charge in [0.25, 0.3) is 0 Å². The highest BCUT2D eigenvalue weighted by Crippen LogP contribution is 2.40. The maximum absolute atomic E-state index is 6.64. The van der Waals surface area contributed by atoms with Gasteiger partial charge in [0.1, 0.15) is 23.2 Å². The zero-order valence-electron chi connectivity index (χ0n) is 27.3. The van der Waals surface area contributed by atoms with Crippen molar-refractivity contribution in [3.05, 3.63) is 180 Å². The molecule has 0 radical (unpaired) electrons. The molecule has 2 aliphatic rings. The molecule has 50 heavy (non-hydrogen) atoms. The molecule has 0 bridgehead atoms. The van der Waals surface area contributed by atoms with Gasteiger partial charge in [-0.15, -0.1) is 0 Å². The van der Waals surface area contributed by atoms with Crippen molar-refractivity contribution < 1.29 is 4.42 Å². The largest absolute Gasteiger partial charge is 0.456 e. The Kier molecular flexibility index (Phi) is 6.62. The lowest BCUT2D eigenvalue weighted by atomic mass is 9.98. The first kappa shape index (κ1) is 28.5. The summed E-state index contributed by atoms with van der Waals surface area (Å²) >= 11 is 0. The lowest BCUT2D eigenvalue weighted by Crippen LogP contribution is -2.33. The molecule has 6 aromatic carbocycles. The third kappa shape index (κ3) is 4.70. The van der Waals surface area contributed by atoms with Crippen molar-refractivity contribution in [3.63, 3.8) is 0 Å². The predicted molar refractivity (Wildman–Crippen MR) is 206 cm³/mol. The minimum atomic E-state index is -0.304. The SMILES string of the molecule is C1=CC(c2ccc3c4ccccc4n(-c4cc(C5=NC(c6ccccc6)=NC(c6ccccc6)N5)cc5oc6ccccc6c45)c3c2)=CCC1. The third-order valence-electron chi connectivity index (χ3n) is 9.86. The molecule has 0 amide bonds. The number of nitrogens with zero attached hydrogens (tertiary/aromatic N) is 3. The summed E-state index contributed by atoms with van der Waals surface area (Å²) in [5.41, 5.74) is 10.5. The molecule has 8 aromatic rings. The molecule has 3 heterocycles. The van der Waals surface area contributed by atoms with E-state index in [1.807, 2.05) is 48.5 Å². The van der Waals surface area contributed by atoms with Crippen LogP contribution in [0.25, 0.3) is 55.0 Å². The number of para-hydroxylation sites is 2. The zero-order valence-corrected chi connectivity index (χ0v) is 27.3. The van der Waals surface area contributed by atoms with Gasteiger partial charge in [0.05, 0.1) is 22.1 Å². The Balaban J connectivity index is 1.25. The highest BCUT2D eigenvalue weighted by molar-refractivity contribution is 6.18. The van der Waals surface area contributed by atoms with Gasteiger partial charge >= 0.3 is 0 Å². The van der Waals surface area contributed by atoms with Crippen LogP contribution in [0.15, 0.2) is 172 Å². The second kappa shape index (κ2) is 11.6. The summed E-state index contributed by atoms with van der Waals surface area (Å²) < 4.78 is 9.06. The first-order valence-corrected chi connectivity index (χ1v) is 17.2. The van der Waals surface area contributed by atoms with E-state index in [-0.39, 0.29) is 6.17 Å². The first-order valence-electron chi connectivity index (χ1n) is 17.2. The minimum absolute atomic E-state index is 0.304. The lowest BCUT2D eigenvalue weighted by Gasteiger charge is -2.24. The molecule has 1 unspecified atom stereocenters. The van der Waals surface area contributed by atoms with Crippen molar-refractivity contribution in [3.8, 4) is 5.69 Å². The van der Waals surface area contributed by atoms with Crippen LogP contribution in [0.4, 0.5) is 0 Å². The van der Waals surface area contributed by atoms with Crippen LogP contribution in [0, 0.1) is 0 Å². The van der Waals surface area contributed by atoms with Crippen LogP contribution < -0.4 is 5.32 Å². The monoisotopic (exact) mass is 644 g/mol. The van der Waals surface area contributed by atoms with Gasteiger partial charge in [-0.1, -0.05) is 127 Å². The smallest absolute Gasteiger partial charge is 0.159 e. The van der Waals surface area contributed by atoms with Gasteiger partial charge in [-0.25, -0.2) is 9.98 Å². The fourth-order valence-electron chi connectivity index (χ4n) is 7.50. The predicted octanol–water partition coefficient (Wildman–Crippen LogP) is 10.9. The molecule has 1 atom stereocenters. The van der Waals surface area contributed by atoms with Crippen LogP contribution in [0.1, 0.15) is 41.3 Å². The van der Waals surface area contributed by atoms with Crippen LogP contribution in [-0.2, 0) is 0 Å². The number of nitrogens with one attached hydrogen (secondary N) is 1. The summed E-state index contributed by atoms with van der Waals surface area (Å²) in [4.78, 5) is 10.3. The molecule has 1 aliphatic carbocycles. The average Bonchev–Trinajstić information content (AvgIpc) is 3.74. The van der Waals surface area contributed by atoms with E-state index < -0.39 is 0 Å². The minimum Gasteiger partial charge on any atom is -0.456 e. The molecular formula is C45H32N4O. The Morgan fingerprint density at radius 2 is 1.38 bits per heavy atom. The van der Waals surface area contributed by atoms with E-state index in [0.29, 0.717) is 5.84 Å². The highest BCUT2D eigenvalue weighted by Gasteiger charge is 2.25. The maximum Gasteiger partial charge on any atom is 0.159 e. The standard InChI is InChI=1S/C45H32N4O/c1-4-14-29(15-5-1)32-24-25-35-34-20-10-12-22-37(34)49(38(35)26-32)39-27-33(28-41-42(39)36-21-11-13-23-40(36)50-41)45-47-43(30-16-6-2-7-17-30)46-44(48-45)31-18-8-3-9-19-31/h2-4,6-28,43H,1,5H2,(H,46,47,48). The molecule has 2 aromatic heterocycles. The first-order chi connectivity index (χ1) is 24.8. The molecule has 0 saturated heterocycles. The van der Waals surface area contributed by atoms with E-state index in [2.05, 4.69) is 119 Å². The van der Waals surface area contributed by atoms with E-state index in [1.54, 1.807) is 0 Å². The fourth-order valence-corrected chi connectivity index (χ4v) is 7.50. The van der Waals surface area contributed by atoms with Crippen molar-refractivity contribution in [2.45, 2.75) is 19.0 Å². The number of hydrogen-bond donors (Lipinski definition) is 1. The highest BCUT2D eigenvalue weighted by atomic mass is 16.3. The van der Waals surface area contributed by atoms with Gasteiger partial charge in [-0.05, 0) is 59.9 Å². The van der Waals surface area contributed by atoms with E-state index in [1.165, 1.54) is 21.9 Å². The normalized spacial score (nSPS) is 16.1. The van der Waals surface area contributed by atoms with Gasteiger partial charge < -0.3 is 14.3 Å². The Bertz CT molecular complexity index is 2730. The Morgan fingerprint density at radius 3 is 2.22 bits per heavy atom. The average molecular weight is 645 g/mol. The second-order valence-electron chi connectivity index (χ2n) is 12.9. The summed E-state index contributed by atoms with van der Waals surface area (Å²) in [6, 6.07) is 48.8. The molecule has 10 rings (SSSR count). The topological polar surface area (TPSA) is 54.8 Å². The van der Waals surface area contributed by atoms with Crippen LogP contribution in [-0.4, -0.2) is 16.2 Å². The van der Waals surface area contributed by atoms with Crippen LogP contribution in [0.3, 0.4) is 0 Å². The molecule has 5 nitrogen and oxygen atoms in total. The van der Waals surface area contributed by atoms with E-state index >= 15 is 0 Å². The van der Waals surface area contributed by atoms with Gasteiger partial charge in [-0.2, -0.15) is 0 Å². The molecule has 0 saturated carbocycles. The number of rotatable bonds is 5. The van der Waals surface area contributed by atoms with Crippen molar-refractivity contribution in [2.24, 2.45) is 9.98 Å². The summed E-state index contributed by atoms with van der Waals surface area (Å²) in [5.74, 6) is 1.44. The van der Waals surface area contributed by atoms with Gasteiger partial charge in [-0.3, -0.25) is 0 Å². The Morgan fingerprint density at radius 1 is 0.620 bits per heavy atom. The van der Waals surface area contributed by atoms with Crippen LogP contribution >= 0.6 is 0 Å². The van der Waals surface area contributed by atoms with Crippen LogP contribution in [0.5, 0.6) is 0 Å². The number of furan rings is 1. The van der Waals surface area contributed by atoms with Crippen molar-refractivity contribution >= 4 is 61.0 Å². The van der Waals surface area contributed by atoms with Crippen molar-refractivity contribution in [1.29, 1.82) is 0 Å². The Hall–Kier alpha value is -6.46. The molecule has 0 spiro atoms. The fraction of sp³-hybridized carbons (Fsp3) is 0.0667. The molecule has 0 fully saturated rings.